The molecule has 0 aliphatic rings. The van der Waals surface area contributed by atoms with E-state index in [-0.39, 0.29) is 0 Å². The molecule has 0 aliphatic carbocycles. The van der Waals surface area contributed by atoms with Crippen LogP contribution in [-0.2, 0) is 11.3 Å². The fourth-order valence-electron chi connectivity index (χ4n) is 1.29. The first-order valence-electron chi connectivity index (χ1n) is 6.12. The lowest BCUT2D eigenvalue weighted by atomic mass is 10.3. The van der Waals surface area contributed by atoms with E-state index in [1.165, 1.54) is 0 Å². The minimum Gasteiger partial charge on any atom is -0.475 e. The van der Waals surface area contributed by atoms with Gasteiger partial charge in [0.15, 0.2) is 0 Å². The van der Waals surface area contributed by atoms with Gasteiger partial charge in [0, 0.05) is 25.3 Å². The lowest BCUT2D eigenvalue weighted by Crippen LogP contribution is -2.22. The van der Waals surface area contributed by atoms with Crippen LogP contribution < -0.4 is 10.1 Å². The molecule has 0 unspecified atom stereocenters. The molecule has 0 radical (unpaired) electrons. The number of hydrogen-bond acceptors (Lipinski definition) is 4. The number of aromatic nitrogens is 1. The SMILES string of the molecule is CCOCCOc1cccc(CNC(C)C)n1. The van der Waals surface area contributed by atoms with Crippen molar-refractivity contribution in [3.8, 4) is 5.88 Å². The minimum absolute atomic E-state index is 0.458. The maximum atomic E-state index is 5.49. The Morgan fingerprint density at radius 2 is 2.12 bits per heavy atom. The van der Waals surface area contributed by atoms with Crippen molar-refractivity contribution in [3.63, 3.8) is 0 Å². The van der Waals surface area contributed by atoms with Crippen LogP contribution in [0.1, 0.15) is 26.5 Å². The van der Waals surface area contributed by atoms with Crippen molar-refractivity contribution in [1.29, 1.82) is 0 Å². The highest BCUT2D eigenvalue weighted by molar-refractivity contribution is 5.15. The Morgan fingerprint density at radius 1 is 1.29 bits per heavy atom. The predicted octanol–water partition coefficient (Wildman–Crippen LogP) is 1.99. The second-order valence-corrected chi connectivity index (χ2v) is 4.05. The highest BCUT2D eigenvalue weighted by Crippen LogP contribution is 2.07. The zero-order chi connectivity index (χ0) is 12.5. The third-order valence-electron chi connectivity index (χ3n) is 2.15. The van der Waals surface area contributed by atoms with Gasteiger partial charge in [-0.15, -0.1) is 0 Å². The maximum absolute atomic E-state index is 5.49. The predicted molar refractivity (Wildman–Crippen MR) is 68.2 cm³/mol. The van der Waals surface area contributed by atoms with E-state index in [1.807, 2.05) is 25.1 Å². The quantitative estimate of drug-likeness (QED) is 0.703. The lowest BCUT2D eigenvalue weighted by Gasteiger charge is -2.09. The Bertz CT molecular complexity index is 316. The number of ether oxygens (including phenoxy) is 2. The van der Waals surface area contributed by atoms with Gasteiger partial charge in [0.25, 0.3) is 0 Å². The van der Waals surface area contributed by atoms with E-state index < -0.39 is 0 Å². The summed E-state index contributed by atoms with van der Waals surface area (Å²) in [5, 5.41) is 3.32. The first kappa shape index (κ1) is 13.9. The van der Waals surface area contributed by atoms with E-state index in [0.29, 0.717) is 25.1 Å². The molecule has 1 rings (SSSR count). The van der Waals surface area contributed by atoms with E-state index in [0.717, 1.165) is 18.8 Å². The van der Waals surface area contributed by atoms with E-state index >= 15 is 0 Å². The van der Waals surface area contributed by atoms with Crippen LogP contribution >= 0.6 is 0 Å². The van der Waals surface area contributed by atoms with Gasteiger partial charge in [-0.3, -0.25) is 0 Å². The number of hydrogen-bond donors (Lipinski definition) is 1. The topological polar surface area (TPSA) is 43.4 Å². The average Bonchev–Trinajstić information content (AvgIpc) is 2.33. The molecule has 96 valence electrons. The van der Waals surface area contributed by atoms with Crippen LogP contribution in [0.2, 0.25) is 0 Å². The third kappa shape index (κ3) is 6.24. The molecule has 0 fully saturated rings. The fourth-order valence-corrected chi connectivity index (χ4v) is 1.29. The third-order valence-corrected chi connectivity index (χ3v) is 2.15. The Hall–Kier alpha value is -1.13. The Morgan fingerprint density at radius 3 is 2.82 bits per heavy atom. The Labute approximate surface area is 103 Å². The second kappa shape index (κ2) is 8.03. The monoisotopic (exact) mass is 238 g/mol. The van der Waals surface area contributed by atoms with Crippen molar-refractivity contribution >= 4 is 0 Å². The van der Waals surface area contributed by atoms with Crippen LogP contribution in [0.5, 0.6) is 5.88 Å². The van der Waals surface area contributed by atoms with Gasteiger partial charge in [0.2, 0.25) is 5.88 Å². The molecule has 0 amide bonds. The molecule has 0 saturated carbocycles. The fraction of sp³-hybridized carbons (Fsp3) is 0.615. The summed E-state index contributed by atoms with van der Waals surface area (Å²) >= 11 is 0. The maximum Gasteiger partial charge on any atom is 0.213 e. The first-order valence-corrected chi connectivity index (χ1v) is 6.12. The summed E-state index contributed by atoms with van der Waals surface area (Å²) in [4.78, 5) is 4.40. The molecular formula is C13H22N2O2. The standard InChI is InChI=1S/C13H22N2O2/c1-4-16-8-9-17-13-7-5-6-12(15-13)10-14-11(2)3/h5-7,11,14H,4,8-10H2,1-3H3. The van der Waals surface area contributed by atoms with Crippen molar-refractivity contribution in [2.75, 3.05) is 19.8 Å². The molecule has 4 nitrogen and oxygen atoms in total. The Balaban J connectivity index is 2.37. The van der Waals surface area contributed by atoms with E-state index in [1.54, 1.807) is 0 Å². The number of nitrogens with one attached hydrogen (secondary N) is 1. The summed E-state index contributed by atoms with van der Waals surface area (Å²) in [7, 11) is 0. The van der Waals surface area contributed by atoms with E-state index in [4.69, 9.17) is 9.47 Å². The highest BCUT2D eigenvalue weighted by Gasteiger charge is 2.00. The van der Waals surface area contributed by atoms with Gasteiger partial charge in [-0.05, 0) is 13.0 Å². The summed E-state index contributed by atoms with van der Waals surface area (Å²) in [5.41, 5.74) is 0.993. The van der Waals surface area contributed by atoms with Gasteiger partial charge in [0.05, 0.1) is 12.3 Å². The molecule has 17 heavy (non-hydrogen) atoms. The van der Waals surface area contributed by atoms with Crippen LogP contribution in [0.25, 0.3) is 0 Å². The highest BCUT2D eigenvalue weighted by atomic mass is 16.5. The van der Waals surface area contributed by atoms with E-state index in [2.05, 4.69) is 24.1 Å². The largest absolute Gasteiger partial charge is 0.475 e. The lowest BCUT2D eigenvalue weighted by molar-refractivity contribution is 0.108. The zero-order valence-electron chi connectivity index (χ0n) is 10.9. The molecule has 1 heterocycles. The number of rotatable bonds is 8. The van der Waals surface area contributed by atoms with E-state index in [9.17, 15) is 0 Å². The van der Waals surface area contributed by atoms with Crippen molar-refractivity contribution < 1.29 is 9.47 Å². The average molecular weight is 238 g/mol. The zero-order valence-corrected chi connectivity index (χ0v) is 10.9. The molecule has 1 aromatic heterocycles. The van der Waals surface area contributed by atoms with Crippen molar-refractivity contribution in [2.24, 2.45) is 0 Å². The van der Waals surface area contributed by atoms with Crippen LogP contribution in [0.3, 0.4) is 0 Å². The van der Waals surface area contributed by atoms with Crippen LogP contribution in [0.4, 0.5) is 0 Å². The van der Waals surface area contributed by atoms with Crippen LogP contribution in [-0.4, -0.2) is 30.8 Å². The van der Waals surface area contributed by atoms with Gasteiger partial charge in [-0.25, -0.2) is 4.98 Å². The summed E-state index contributed by atoms with van der Waals surface area (Å²) in [6.07, 6.45) is 0. The van der Waals surface area contributed by atoms with Crippen LogP contribution in [0, 0.1) is 0 Å². The summed E-state index contributed by atoms with van der Waals surface area (Å²) in [6.45, 7) is 8.82. The molecule has 0 aromatic carbocycles. The van der Waals surface area contributed by atoms with Crippen molar-refractivity contribution in [2.45, 2.75) is 33.4 Å². The van der Waals surface area contributed by atoms with Gasteiger partial charge in [0.1, 0.15) is 6.61 Å². The van der Waals surface area contributed by atoms with Crippen molar-refractivity contribution in [3.05, 3.63) is 23.9 Å². The molecule has 4 heteroatoms. The summed E-state index contributed by atoms with van der Waals surface area (Å²) < 4.78 is 10.7. The minimum atomic E-state index is 0.458. The van der Waals surface area contributed by atoms with Crippen molar-refractivity contribution in [1.82, 2.24) is 10.3 Å². The molecule has 0 bridgehead atoms. The molecule has 1 N–H and O–H groups in total. The van der Waals surface area contributed by atoms with Gasteiger partial charge >= 0.3 is 0 Å². The molecule has 0 aliphatic heterocycles. The second-order valence-electron chi connectivity index (χ2n) is 4.05. The van der Waals surface area contributed by atoms with Gasteiger partial charge < -0.3 is 14.8 Å². The Kier molecular flexibility index (Phi) is 6.58. The first-order chi connectivity index (χ1) is 8.22. The summed E-state index contributed by atoms with van der Waals surface area (Å²) in [5.74, 6) is 0.660. The normalized spacial score (nSPS) is 10.8. The molecular weight excluding hydrogens is 216 g/mol. The molecule has 0 atom stereocenters. The van der Waals surface area contributed by atoms with Crippen LogP contribution in [0.15, 0.2) is 18.2 Å². The van der Waals surface area contributed by atoms with Gasteiger partial charge in [-0.1, -0.05) is 19.9 Å². The molecule has 0 saturated heterocycles. The number of pyridine rings is 1. The smallest absolute Gasteiger partial charge is 0.213 e. The summed E-state index contributed by atoms with van der Waals surface area (Å²) in [6, 6.07) is 6.27. The van der Waals surface area contributed by atoms with Gasteiger partial charge in [-0.2, -0.15) is 0 Å². The molecule has 0 spiro atoms. The molecule has 1 aromatic rings. The number of nitrogens with zero attached hydrogens (tertiary/aromatic N) is 1.